The van der Waals surface area contributed by atoms with Crippen molar-refractivity contribution in [3.63, 3.8) is 0 Å². The second-order valence-electron chi connectivity index (χ2n) is 10.3. The van der Waals surface area contributed by atoms with Gasteiger partial charge in [-0.15, -0.1) is 0 Å². The van der Waals surface area contributed by atoms with Crippen LogP contribution in [0.15, 0.2) is 42.6 Å². The topological polar surface area (TPSA) is 119 Å². The molecule has 3 aromatic heterocycles. The summed E-state index contributed by atoms with van der Waals surface area (Å²) in [6.07, 6.45) is 2.79. The van der Waals surface area contributed by atoms with E-state index < -0.39 is 0 Å². The lowest BCUT2D eigenvalue weighted by Crippen LogP contribution is -2.34. The second kappa shape index (κ2) is 8.94. The molecule has 10 nitrogen and oxygen atoms in total. The standard InChI is InChI=1S/C26H31N7O3/c1-15(34)28-23-13-19(8-9-27-23)36-18-6-7-20-21(12-18)32(5)25(29-20)30-24-14-22(26(2,3)4)33(31-24)16-10-17(35)11-16/h6-9,12-14,16-17,35H,10-11H2,1-5H3,(H,27,28,34)(H,29,30,31)/t16-,17-. The van der Waals surface area contributed by atoms with Crippen LogP contribution < -0.4 is 15.4 Å². The smallest absolute Gasteiger partial charge is 0.222 e. The fourth-order valence-corrected chi connectivity index (χ4v) is 4.37. The molecule has 0 aliphatic heterocycles. The maximum absolute atomic E-state index is 11.3. The van der Waals surface area contributed by atoms with Crippen LogP contribution in [0.25, 0.3) is 11.0 Å². The number of fused-ring (bicyclic) bond motifs is 1. The van der Waals surface area contributed by atoms with E-state index in [9.17, 15) is 9.90 Å². The molecule has 5 rings (SSSR count). The Balaban J connectivity index is 1.39. The SMILES string of the molecule is CC(=O)Nc1cc(Oc2ccc3nc(Nc4cc(C(C)(C)C)n([C@H]5C[C@H](O)C5)n4)n(C)c3c2)ccn1. The summed E-state index contributed by atoms with van der Waals surface area (Å²) in [4.78, 5) is 20.2. The van der Waals surface area contributed by atoms with E-state index in [0.717, 1.165) is 35.4 Å². The molecule has 10 heteroatoms. The fraction of sp³-hybridized carbons (Fsp3) is 0.385. The molecule has 188 valence electrons. The van der Waals surface area contributed by atoms with Crippen molar-refractivity contribution in [3.8, 4) is 11.5 Å². The molecule has 0 atom stereocenters. The Hall–Kier alpha value is -3.92. The number of aryl methyl sites for hydroxylation is 1. The van der Waals surface area contributed by atoms with Gasteiger partial charge < -0.3 is 25.0 Å². The molecule has 0 unspecified atom stereocenters. The van der Waals surface area contributed by atoms with Gasteiger partial charge in [-0.2, -0.15) is 5.10 Å². The number of aromatic nitrogens is 5. The van der Waals surface area contributed by atoms with Gasteiger partial charge in [0.25, 0.3) is 0 Å². The number of imidazole rings is 1. The summed E-state index contributed by atoms with van der Waals surface area (Å²) < 4.78 is 10.0. The Labute approximate surface area is 209 Å². The molecule has 1 fully saturated rings. The number of aliphatic hydroxyl groups excluding tert-OH is 1. The highest BCUT2D eigenvalue weighted by Crippen LogP contribution is 2.37. The molecule has 4 aromatic rings. The van der Waals surface area contributed by atoms with Gasteiger partial charge in [-0.1, -0.05) is 20.8 Å². The Bertz CT molecular complexity index is 1430. The number of aliphatic hydroxyl groups is 1. The first-order valence-corrected chi connectivity index (χ1v) is 12.0. The lowest BCUT2D eigenvalue weighted by atomic mass is 9.87. The van der Waals surface area contributed by atoms with Crippen molar-refractivity contribution in [2.75, 3.05) is 10.6 Å². The minimum absolute atomic E-state index is 0.0845. The first-order chi connectivity index (χ1) is 17.1. The maximum Gasteiger partial charge on any atom is 0.222 e. The lowest BCUT2D eigenvalue weighted by molar-refractivity contribution is -0.114. The largest absolute Gasteiger partial charge is 0.457 e. The van der Waals surface area contributed by atoms with Crippen LogP contribution in [0.4, 0.5) is 17.6 Å². The Morgan fingerprint density at radius 1 is 1.11 bits per heavy atom. The van der Waals surface area contributed by atoms with Crippen LogP contribution >= 0.6 is 0 Å². The maximum atomic E-state index is 11.3. The molecular weight excluding hydrogens is 458 g/mol. The van der Waals surface area contributed by atoms with Crippen LogP contribution in [0.5, 0.6) is 11.5 Å². The molecule has 1 aliphatic carbocycles. The van der Waals surface area contributed by atoms with Crippen LogP contribution in [0, 0.1) is 0 Å². The zero-order chi connectivity index (χ0) is 25.6. The number of nitrogens with one attached hydrogen (secondary N) is 2. The highest BCUT2D eigenvalue weighted by atomic mass is 16.5. The summed E-state index contributed by atoms with van der Waals surface area (Å²) >= 11 is 0. The minimum atomic E-state index is -0.246. The van der Waals surface area contributed by atoms with E-state index in [1.165, 1.54) is 6.92 Å². The monoisotopic (exact) mass is 489 g/mol. The molecule has 0 bridgehead atoms. The third kappa shape index (κ3) is 4.76. The van der Waals surface area contributed by atoms with Crippen molar-refractivity contribution in [1.82, 2.24) is 24.3 Å². The van der Waals surface area contributed by atoms with Crippen LogP contribution in [0.3, 0.4) is 0 Å². The van der Waals surface area contributed by atoms with Crippen molar-refractivity contribution in [2.45, 2.75) is 58.1 Å². The molecule has 3 N–H and O–H groups in total. The normalized spacial score (nSPS) is 17.6. The molecule has 1 amide bonds. The van der Waals surface area contributed by atoms with Crippen molar-refractivity contribution >= 4 is 34.5 Å². The number of ether oxygens (including phenoxy) is 1. The van der Waals surface area contributed by atoms with E-state index >= 15 is 0 Å². The van der Waals surface area contributed by atoms with E-state index in [2.05, 4.69) is 42.5 Å². The summed E-state index contributed by atoms with van der Waals surface area (Å²) in [5.41, 5.74) is 2.74. The van der Waals surface area contributed by atoms with Crippen LogP contribution in [0.2, 0.25) is 0 Å². The fourth-order valence-electron chi connectivity index (χ4n) is 4.37. The number of benzene rings is 1. The second-order valence-corrected chi connectivity index (χ2v) is 10.3. The van der Waals surface area contributed by atoms with Crippen molar-refractivity contribution in [3.05, 3.63) is 48.3 Å². The number of hydrogen-bond donors (Lipinski definition) is 3. The van der Waals surface area contributed by atoms with Gasteiger partial charge in [0.1, 0.15) is 17.3 Å². The number of carbonyl (C=O) groups is 1. The molecule has 0 saturated heterocycles. The molecular formula is C26H31N7O3. The number of nitrogens with zero attached hydrogens (tertiary/aromatic N) is 5. The summed E-state index contributed by atoms with van der Waals surface area (Å²) in [5, 5.41) is 20.6. The van der Waals surface area contributed by atoms with Gasteiger partial charge >= 0.3 is 0 Å². The van der Waals surface area contributed by atoms with E-state index in [1.807, 2.05) is 34.5 Å². The predicted octanol–water partition coefficient (Wildman–Crippen LogP) is 4.65. The summed E-state index contributed by atoms with van der Waals surface area (Å²) in [6, 6.07) is 11.4. The average molecular weight is 490 g/mol. The van der Waals surface area contributed by atoms with Crippen LogP contribution in [-0.2, 0) is 17.3 Å². The molecule has 0 spiro atoms. The Kier molecular flexibility index (Phi) is 5.91. The van der Waals surface area contributed by atoms with Gasteiger partial charge in [-0.3, -0.25) is 9.48 Å². The van der Waals surface area contributed by atoms with Gasteiger partial charge in [0.05, 0.1) is 23.2 Å². The van der Waals surface area contributed by atoms with Gasteiger partial charge in [0, 0.05) is 49.5 Å². The first kappa shape index (κ1) is 23.8. The van der Waals surface area contributed by atoms with Crippen LogP contribution in [-0.4, -0.2) is 41.4 Å². The van der Waals surface area contributed by atoms with Gasteiger partial charge in [-0.05, 0) is 31.0 Å². The zero-order valence-corrected chi connectivity index (χ0v) is 21.1. The summed E-state index contributed by atoms with van der Waals surface area (Å²) in [5.74, 6) is 2.82. The van der Waals surface area contributed by atoms with E-state index in [0.29, 0.717) is 23.3 Å². The van der Waals surface area contributed by atoms with E-state index in [-0.39, 0.29) is 23.5 Å². The number of anilines is 3. The highest BCUT2D eigenvalue weighted by molar-refractivity contribution is 5.87. The van der Waals surface area contributed by atoms with Gasteiger partial charge in [-0.25, -0.2) is 9.97 Å². The molecule has 36 heavy (non-hydrogen) atoms. The third-order valence-corrected chi connectivity index (χ3v) is 6.30. The number of pyridine rings is 1. The van der Waals surface area contributed by atoms with Crippen molar-refractivity contribution < 1.29 is 14.6 Å². The quantitative estimate of drug-likeness (QED) is 0.361. The minimum Gasteiger partial charge on any atom is -0.457 e. The predicted molar refractivity (Wildman–Crippen MR) is 138 cm³/mol. The number of carbonyl (C=O) groups excluding carboxylic acids is 1. The number of rotatable bonds is 6. The molecule has 1 saturated carbocycles. The van der Waals surface area contributed by atoms with Gasteiger partial charge in [0.15, 0.2) is 5.82 Å². The van der Waals surface area contributed by atoms with Crippen molar-refractivity contribution in [2.24, 2.45) is 7.05 Å². The molecule has 1 aliphatic rings. The molecule has 3 heterocycles. The third-order valence-electron chi connectivity index (χ3n) is 6.30. The summed E-state index contributed by atoms with van der Waals surface area (Å²) in [7, 11) is 1.94. The number of hydrogen-bond acceptors (Lipinski definition) is 7. The zero-order valence-electron chi connectivity index (χ0n) is 21.1. The van der Waals surface area contributed by atoms with E-state index in [1.54, 1.807) is 18.3 Å². The molecule has 1 aromatic carbocycles. The lowest BCUT2D eigenvalue weighted by Gasteiger charge is -2.34. The van der Waals surface area contributed by atoms with Crippen molar-refractivity contribution in [1.29, 1.82) is 0 Å². The average Bonchev–Trinajstić information content (AvgIpc) is 3.33. The Morgan fingerprint density at radius 2 is 1.86 bits per heavy atom. The Morgan fingerprint density at radius 3 is 2.56 bits per heavy atom. The summed E-state index contributed by atoms with van der Waals surface area (Å²) in [6.45, 7) is 7.93. The highest BCUT2D eigenvalue weighted by Gasteiger charge is 2.33. The number of amides is 1. The van der Waals surface area contributed by atoms with E-state index in [4.69, 9.17) is 14.8 Å². The first-order valence-electron chi connectivity index (χ1n) is 12.0. The molecule has 0 radical (unpaired) electrons. The van der Waals surface area contributed by atoms with Gasteiger partial charge in [0.2, 0.25) is 11.9 Å². The van der Waals surface area contributed by atoms with Crippen LogP contribution in [0.1, 0.15) is 52.3 Å².